The molecule has 0 unspecified atom stereocenters. The Bertz CT molecular complexity index is 7270. The second-order valence-electron chi connectivity index (χ2n) is 34.5. The molecule has 10 aromatic heterocycles. The zero-order valence-corrected chi connectivity index (χ0v) is 79.7. The molecule has 0 amide bonds. The van der Waals surface area contributed by atoms with Gasteiger partial charge in [0.25, 0.3) is 27.8 Å². The number of methoxy groups -OCH3 is 7. The van der Waals surface area contributed by atoms with E-state index in [-0.39, 0.29) is 27.8 Å². The molecule has 5 aliphatic rings. The zero-order valence-electron chi connectivity index (χ0n) is 79.7. The largest absolute Gasteiger partial charge is 0.496 e. The average Bonchev–Trinajstić information content (AvgIpc) is 1.39. The molecule has 15 heterocycles. The lowest BCUT2D eigenvalue weighted by molar-refractivity contribution is -0.0935. The molecule has 0 bridgehead atoms. The summed E-state index contributed by atoms with van der Waals surface area (Å²) in [4.78, 5) is 103. The lowest BCUT2D eigenvalue weighted by Crippen LogP contribution is -2.44. The molecule has 34 nitrogen and oxygen atoms in total. The van der Waals surface area contributed by atoms with Gasteiger partial charge in [0.05, 0.1) is 118 Å². The Labute approximate surface area is 798 Å². The Morgan fingerprint density at radius 3 is 0.928 bits per heavy atom. The molecule has 1 atom stereocenters. The van der Waals surface area contributed by atoms with Crippen LogP contribution in [0.25, 0.3) is 84.5 Å². The van der Waals surface area contributed by atoms with E-state index in [0.29, 0.717) is 135 Å². The minimum atomic E-state index is -0.155. The number of fused-ring (bicyclic) bond motifs is 5. The Morgan fingerprint density at radius 1 is 0.326 bits per heavy atom. The highest BCUT2D eigenvalue weighted by Crippen LogP contribution is 2.37. The Kier molecular flexibility index (Phi) is 30.3. The predicted molar refractivity (Wildman–Crippen MR) is 539 cm³/mol. The summed E-state index contributed by atoms with van der Waals surface area (Å²) in [5, 5.41) is 26.5. The molecular weight excluding hydrogens is 1750 g/mol. The number of ether oxygens (including phenoxy) is 7. The van der Waals surface area contributed by atoms with Crippen LogP contribution in [0.15, 0.2) is 243 Å². The van der Waals surface area contributed by atoms with Gasteiger partial charge in [-0.25, -0.2) is 24.9 Å². The van der Waals surface area contributed by atoms with Gasteiger partial charge in [0.15, 0.2) is 34.5 Å². The molecule has 34 heteroatoms. The summed E-state index contributed by atoms with van der Waals surface area (Å²) in [6.45, 7) is 16.0. The van der Waals surface area contributed by atoms with Crippen LogP contribution in [0.1, 0.15) is 30.4 Å². The lowest BCUT2D eigenvalue weighted by Gasteiger charge is -2.36. The first-order valence-electron chi connectivity index (χ1n) is 45.9. The molecule has 0 saturated carbocycles. The summed E-state index contributed by atoms with van der Waals surface area (Å²) < 4.78 is 45.2. The predicted octanol–water partition coefficient (Wildman–Crippen LogP) is 11.0. The molecule has 5 aromatic carbocycles. The van der Waals surface area contributed by atoms with E-state index in [9.17, 15) is 29.2 Å². The van der Waals surface area contributed by atoms with E-state index in [0.717, 1.165) is 165 Å². The van der Waals surface area contributed by atoms with Gasteiger partial charge in [-0.2, -0.15) is 10.3 Å². The first-order chi connectivity index (χ1) is 67.0. The molecule has 20 rings (SSSR count). The van der Waals surface area contributed by atoms with E-state index < -0.39 is 0 Å². The van der Waals surface area contributed by atoms with Gasteiger partial charge in [0.2, 0.25) is 0 Å². The first kappa shape index (κ1) is 95.9. The second-order valence-corrected chi connectivity index (χ2v) is 34.5. The third-order valence-corrected chi connectivity index (χ3v) is 25.6. The SMILES string of the molecule is COc1ccc(-c2cc(=O)n3cc(N4CCC(N(C)C)CC4)ccc3n2)cc1OC.COc1ccc(-c2cc(=O)n3cc(N4CCN(O)CC4)ccc3n2)cc1OC.COc1ccc(-c2cc(=O)n3cc(N4CCNCC4)ccc3n2)cc1C.COc1ccc(-c2cc(=O)n3cc(N4CC[C@H](N(C)C)C4)ccc3n2)cc1OC.N#Cc1cccc(-c2cc(=O)n3cc(N4CCNCC4)ccc3n2)c1. The summed E-state index contributed by atoms with van der Waals surface area (Å²) in [5.41, 5.74) is 16.3. The first-order valence-corrected chi connectivity index (χ1v) is 45.9. The maximum Gasteiger partial charge on any atom is 0.258 e. The van der Waals surface area contributed by atoms with Crippen molar-refractivity contribution in [1.82, 2.24) is 72.4 Å². The van der Waals surface area contributed by atoms with Gasteiger partial charge >= 0.3 is 0 Å². The summed E-state index contributed by atoms with van der Waals surface area (Å²) in [7, 11) is 19.7. The van der Waals surface area contributed by atoms with E-state index in [1.54, 1.807) is 126 Å². The van der Waals surface area contributed by atoms with E-state index in [4.69, 9.17) is 43.4 Å². The summed E-state index contributed by atoms with van der Waals surface area (Å²) >= 11 is 0. The van der Waals surface area contributed by atoms with E-state index in [1.165, 1.54) is 17.2 Å². The minimum absolute atomic E-state index is 0.0737. The van der Waals surface area contributed by atoms with Crippen LogP contribution in [0.4, 0.5) is 28.4 Å². The number of aromatic nitrogens is 10. The normalized spacial score (nSPS) is 15.2. The number of aryl methyl sites for hydroxylation is 1. The number of nitrogens with one attached hydrogen (secondary N) is 2. The smallest absolute Gasteiger partial charge is 0.258 e. The number of likely N-dealkylation sites (N-methyl/N-ethyl adjacent to an activating group) is 1. The van der Waals surface area contributed by atoms with Crippen molar-refractivity contribution in [2.45, 2.75) is 38.3 Å². The fourth-order valence-corrected chi connectivity index (χ4v) is 17.7. The van der Waals surface area contributed by atoms with Crippen molar-refractivity contribution in [2.24, 2.45) is 0 Å². The highest BCUT2D eigenvalue weighted by molar-refractivity contribution is 5.72. The molecule has 714 valence electrons. The molecule has 3 N–H and O–H groups in total. The number of benzene rings is 5. The number of nitriles is 1. The lowest BCUT2D eigenvalue weighted by atomic mass is 10.0. The van der Waals surface area contributed by atoms with Crippen molar-refractivity contribution >= 4 is 56.7 Å². The van der Waals surface area contributed by atoms with Gasteiger partial charge in [-0.15, -0.1) is 0 Å². The van der Waals surface area contributed by atoms with Crippen molar-refractivity contribution in [1.29, 1.82) is 5.26 Å². The van der Waals surface area contributed by atoms with Crippen molar-refractivity contribution in [3.8, 4) is 103 Å². The number of piperazine rings is 3. The fourth-order valence-electron chi connectivity index (χ4n) is 17.7. The third kappa shape index (κ3) is 22.0. The van der Waals surface area contributed by atoms with E-state index >= 15 is 0 Å². The monoisotopic (exact) mass is 1870 g/mol. The van der Waals surface area contributed by atoms with Crippen LogP contribution >= 0.6 is 0 Å². The van der Waals surface area contributed by atoms with Gasteiger partial charge in [0, 0.05) is 206 Å². The molecule has 5 saturated heterocycles. The molecule has 15 aromatic rings. The molecule has 5 aliphatic heterocycles. The van der Waals surface area contributed by atoms with E-state index in [2.05, 4.69) is 105 Å². The van der Waals surface area contributed by atoms with Crippen LogP contribution in [0.2, 0.25) is 0 Å². The number of rotatable bonds is 19. The summed E-state index contributed by atoms with van der Waals surface area (Å²) in [5.74, 6) is 4.52. The van der Waals surface area contributed by atoms with Crippen LogP contribution < -0.4 is 96.1 Å². The average molecular weight is 1870 g/mol. The van der Waals surface area contributed by atoms with Crippen molar-refractivity contribution in [2.75, 3.05) is 207 Å². The number of hydrogen-bond donors (Lipinski definition) is 3. The maximum atomic E-state index is 12.9. The van der Waals surface area contributed by atoms with Gasteiger partial charge < -0.3 is 83.3 Å². The van der Waals surface area contributed by atoms with Crippen molar-refractivity contribution in [3.05, 3.63) is 282 Å². The molecule has 0 radical (unpaired) electrons. The number of anilines is 5. The molecule has 0 aliphatic carbocycles. The molecule has 138 heavy (non-hydrogen) atoms. The van der Waals surface area contributed by atoms with Gasteiger partial charge in [-0.3, -0.25) is 46.0 Å². The topological polar surface area (TPSA) is 330 Å². The fraction of sp³-hybridized carbons (Fsp3) is 0.317. The molecular formula is C104H115N21O13. The number of piperidine rings is 1. The molecule has 5 fully saturated rings. The number of hydroxylamine groups is 2. The van der Waals surface area contributed by atoms with Crippen LogP contribution in [0.5, 0.6) is 40.2 Å². The second kappa shape index (κ2) is 43.6. The van der Waals surface area contributed by atoms with Crippen molar-refractivity contribution < 1.29 is 38.4 Å². The number of pyridine rings is 5. The standard InChI is InChI=1S/C23H28N4O3.C22H26N4O3.C20H22N4O4.C20H22N4O2.C19H17N5O/c1-25(2)17-9-11-26(12-10-17)18-6-8-22-24-19(14-23(28)27(22)15-18)16-5-7-20(29-3)21(13-16)30-4;1-24(2)16-9-10-25(13-16)17-6-8-21-23-18(12-22(27)26(21)14-17)15-5-7-19(28-3)20(11-15)29-4;1-27-17-5-3-14(11-18(17)28-2)16-12-20(25)24-13-15(4-6-19(24)21-16)22-7-9-23(26)10-8-22;1-14-11-15(3-5-18(14)26-2)17-12-20(25)24-13-16(4-6-19(24)22-17)23-9-7-21-8-10-23;20-12-14-2-1-3-15(10-14)17-11-19(25)24-13-16(4-5-18(24)22-17)23-8-6-21-7-9-23/h5-8,13-15,17H,9-12H2,1-4H3;5-8,11-12,14,16H,9-10,13H2,1-4H3;3-6,11-13,26H,7-10H2,1-2H3;3-6,11-13,21H,7-10H2,1-2H3;1-5,10-11,13,21H,6-9H2/t;16-;;;/m.0.../s1. The Hall–Kier alpha value is -15.3. The summed E-state index contributed by atoms with van der Waals surface area (Å²) in [6, 6.07) is 60.0. The van der Waals surface area contributed by atoms with Crippen molar-refractivity contribution in [3.63, 3.8) is 0 Å². The van der Waals surface area contributed by atoms with Crippen LogP contribution in [0.3, 0.4) is 0 Å². The molecule has 0 spiro atoms. The van der Waals surface area contributed by atoms with Crippen LogP contribution in [-0.4, -0.2) is 262 Å². The van der Waals surface area contributed by atoms with Gasteiger partial charge in [0.1, 0.15) is 34.0 Å². The maximum absolute atomic E-state index is 12.9. The third-order valence-electron chi connectivity index (χ3n) is 25.6. The zero-order chi connectivity index (χ0) is 96.8. The Balaban J connectivity index is 0.000000125. The van der Waals surface area contributed by atoms with Gasteiger partial charge in [-0.05, 0) is 206 Å². The highest BCUT2D eigenvalue weighted by atomic mass is 16.5. The number of hydrogen-bond acceptors (Lipinski definition) is 29. The van der Waals surface area contributed by atoms with Crippen LogP contribution in [0, 0.1) is 18.3 Å². The Morgan fingerprint density at radius 2 is 0.616 bits per heavy atom. The quantitative estimate of drug-likeness (QED) is 0.0677. The number of nitrogens with zero attached hydrogens (tertiary/aromatic N) is 19. The highest BCUT2D eigenvalue weighted by Gasteiger charge is 2.27. The van der Waals surface area contributed by atoms with E-state index in [1.807, 2.05) is 153 Å². The summed E-state index contributed by atoms with van der Waals surface area (Å²) in [6.07, 6.45) is 12.7. The minimum Gasteiger partial charge on any atom is -0.496 e. The van der Waals surface area contributed by atoms with Crippen LogP contribution in [-0.2, 0) is 0 Å². The van der Waals surface area contributed by atoms with Gasteiger partial charge in [-0.1, -0.05) is 12.1 Å².